The van der Waals surface area contributed by atoms with Gasteiger partial charge >= 0.3 is 0 Å². The Labute approximate surface area is 203 Å². The number of aromatic nitrogens is 2. The number of carbonyl (C=O) groups is 1. The first kappa shape index (κ1) is 22.4. The van der Waals surface area contributed by atoms with Crippen LogP contribution in [0.15, 0.2) is 90.2 Å². The normalized spacial score (nSPS) is 15.3. The molecule has 3 heterocycles. The maximum atomic E-state index is 13.0. The van der Waals surface area contributed by atoms with Gasteiger partial charge in [0, 0.05) is 54.7 Å². The molecule has 1 saturated heterocycles. The molecule has 1 aliphatic heterocycles. The van der Waals surface area contributed by atoms with E-state index < -0.39 is 5.60 Å². The summed E-state index contributed by atoms with van der Waals surface area (Å²) in [6.07, 6.45) is 7.00. The molecule has 7 heteroatoms. The molecular formula is C27H26N4O2S. The van der Waals surface area contributed by atoms with E-state index >= 15 is 0 Å². The van der Waals surface area contributed by atoms with E-state index in [1.807, 2.05) is 71.6 Å². The lowest BCUT2D eigenvalue weighted by Crippen LogP contribution is -2.47. The molecule has 5 rings (SSSR count). The molecule has 1 amide bonds. The third kappa shape index (κ3) is 5.05. The number of pyridine rings is 2. The second-order valence-corrected chi connectivity index (χ2v) is 9.52. The van der Waals surface area contributed by atoms with E-state index in [1.54, 1.807) is 18.6 Å². The van der Waals surface area contributed by atoms with Crippen LogP contribution in [0.25, 0.3) is 10.9 Å². The Hall–Kier alpha value is -3.42. The van der Waals surface area contributed by atoms with Gasteiger partial charge in [0.05, 0.1) is 16.0 Å². The van der Waals surface area contributed by atoms with Crippen LogP contribution in [0.5, 0.6) is 0 Å². The Morgan fingerprint density at radius 3 is 2.53 bits per heavy atom. The molecule has 1 fully saturated rings. The van der Waals surface area contributed by atoms with Crippen LogP contribution in [0.4, 0.5) is 5.69 Å². The summed E-state index contributed by atoms with van der Waals surface area (Å²) in [5, 5.41) is 12.1. The fourth-order valence-corrected chi connectivity index (χ4v) is 5.10. The molecular weight excluding hydrogens is 444 g/mol. The summed E-state index contributed by atoms with van der Waals surface area (Å²) in [6, 6.07) is 21.5. The number of benzene rings is 2. The van der Waals surface area contributed by atoms with Gasteiger partial charge in [0.15, 0.2) is 0 Å². The zero-order chi connectivity index (χ0) is 23.4. The molecule has 34 heavy (non-hydrogen) atoms. The van der Waals surface area contributed by atoms with Crippen molar-refractivity contribution in [3.05, 3.63) is 96.4 Å². The molecule has 0 saturated carbocycles. The minimum absolute atomic E-state index is 0.000819. The summed E-state index contributed by atoms with van der Waals surface area (Å²) in [7, 11) is 0. The molecule has 0 atom stereocenters. The first-order valence-electron chi connectivity index (χ1n) is 11.4. The number of nitrogens with zero attached hydrogens (tertiary/aromatic N) is 3. The number of fused-ring (bicyclic) bond motifs is 1. The van der Waals surface area contributed by atoms with Crippen molar-refractivity contribution >= 4 is 34.4 Å². The van der Waals surface area contributed by atoms with E-state index in [1.165, 1.54) is 11.9 Å². The van der Waals surface area contributed by atoms with Crippen molar-refractivity contribution in [3.8, 4) is 0 Å². The topological polar surface area (TPSA) is 78.4 Å². The van der Waals surface area contributed by atoms with Gasteiger partial charge in [0.25, 0.3) is 5.91 Å². The summed E-state index contributed by atoms with van der Waals surface area (Å²) >= 11 is 1.51. The number of nitrogens with one attached hydrogen (secondary N) is 1. The molecule has 172 valence electrons. The molecule has 2 N–H and O–H groups in total. The molecule has 0 aliphatic carbocycles. The highest BCUT2D eigenvalue weighted by Gasteiger charge is 2.34. The average molecular weight is 471 g/mol. The zero-order valence-corrected chi connectivity index (χ0v) is 19.5. The fraction of sp³-hybridized carbons (Fsp3) is 0.222. The number of hydrogen-bond donors (Lipinski definition) is 2. The lowest BCUT2D eigenvalue weighted by Gasteiger charge is -2.38. The van der Waals surface area contributed by atoms with Gasteiger partial charge in [-0.15, -0.1) is 0 Å². The van der Waals surface area contributed by atoms with Crippen LogP contribution < -0.4 is 4.72 Å². The van der Waals surface area contributed by atoms with Gasteiger partial charge in [-0.3, -0.25) is 14.8 Å². The summed E-state index contributed by atoms with van der Waals surface area (Å²) in [5.41, 5.74) is 2.76. The third-order valence-electron chi connectivity index (χ3n) is 6.24. The minimum atomic E-state index is -0.790. The molecule has 0 radical (unpaired) electrons. The first-order chi connectivity index (χ1) is 16.6. The zero-order valence-electron chi connectivity index (χ0n) is 18.7. The number of rotatable bonds is 6. The van der Waals surface area contributed by atoms with Gasteiger partial charge in [-0.25, -0.2) is 0 Å². The highest BCUT2D eigenvalue weighted by molar-refractivity contribution is 8.00. The first-order valence-corrected chi connectivity index (χ1v) is 12.2. The Morgan fingerprint density at radius 1 is 1.00 bits per heavy atom. The maximum absolute atomic E-state index is 13.0. The predicted octanol–water partition coefficient (Wildman–Crippen LogP) is 4.96. The second-order valence-electron chi connectivity index (χ2n) is 8.67. The summed E-state index contributed by atoms with van der Waals surface area (Å²) in [5.74, 6) is 0.000819. The quantitative estimate of drug-likeness (QED) is 0.388. The molecule has 4 aromatic rings. The monoisotopic (exact) mass is 470 g/mol. The number of carbonyl (C=O) groups excluding carboxylic acids is 1. The number of aliphatic hydroxyl groups is 1. The third-order valence-corrected chi connectivity index (χ3v) is 7.13. The van der Waals surface area contributed by atoms with Gasteiger partial charge < -0.3 is 14.7 Å². The van der Waals surface area contributed by atoms with Crippen molar-refractivity contribution in [2.24, 2.45) is 0 Å². The van der Waals surface area contributed by atoms with Crippen molar-refractivity contribution in [3.63, 3.8) is 0 Å². The van der Waals surface area contributed by atoms with Crippen LogP contribution in [0.3, 0.4) is 0 Å². The van der Waals surface area contributed by atoms with E-state index in [0.29, 0.717) is 37.9 Å². The second kappa shape index (κ2) is 9.83. The van der Waals surface area contributed by atoms with Gasteiger partial charge in [0.1, 0.15) is 0 Å². The van der Waals surface area contributed by atoms with Crippen LogP contribution in [-0.4, -0.2) is 44.6 Å². The number of hydrogen-bond acceptors (Lipinski definition) is 6. The van der Waals surface area contributed by atoms with Gasteiger partial charge in [-0.1, -0.05) is 24.3 Å². The Bertz CT molecular complexity index is 1270. The molecule has 0 bridgehead atoms. The SMILES string of the molecule is O=C(c1ccc(NSc2cccc3cccnc23)cc1)N1CCC(O)(Cc2cccnc2)CC1. The van der Waals surface area contributed by atoms with Crippen molar-refractivity contribution in [2.45, 2.75) is 29.8 Å². The van der Waals surface area contributed by atoms with Gasteiger partial charge in [-0.05, 0) is 72.8 Å². The summed E-state index contributed by atoms with van der Waals surface area (Å²) < 4.78 is 3.35. The van der Waals surface area contributed by atoms with Crippen molar-refractivity contribution < 1.29 is 9.90 Å². The van der Waals surface area contributed by atoms with Crippen LogP contribution in [0, 0.1) is 0 Å². The lowest BCUT2D eigenvalue weighted by atomic mass is 9.85. The molecule has 0 spiro atoms. The van der Waals surface area contributed by atoms with E-state index in [4.69, 9.17) is 0 Å². The van der Waals surface area contributed by atoms with Crippen molar-refractivity contribution in [1.82, 2.24) is 14.9 Å². The average Bonchev–Trinajstić information content (AvgIpc) is 2.88. The van der Waals surface area contributed by atoms with Crippen molar-refractivity contribution in [2.75, 3.05) is 17.8 Å². The number of likely N-dealkylation sites (tertiary alicyclic amines) is 1. The Morgan fingerprint density at radius 2 is 1.76 bits per heavy atom. The molecule has 2 aromatic carbocycles. The Balaban J connectivity index is 1.17. The van der Waals surface area contributed by atoms with E-state index in [9.17, 15) is 9.90 Å². The van der Waals surface area contributed by atoms with Crippen LogP contribution in [-0.2, 0) is 6.42 Å². The number of anilines is 1. The molecule has 2 aromatic heterocycles. The highest BCUT2D eigenvalue weighted by Crippen LogP contribution is 2.29. The largest absolute Gasteiger partial charge is 0.389 e. The van der Waals surface area contributed by atoms with Crippen molar-refractivity contribution in [1.29, 1.82) is 0 Å². The van der Waals surface area contributed by atoms with Gasteiger partial charge in [-0.2, -0.15) is 0 Å². The van der Waals surface area contributed by atoms with E-state index in [0.717, 1.165) is 27.0 Å². The summed E-state index contributed by atoms with van der Waals surface area (Å²) in [6.45, 7) is 1.08. The number of amides is 1. The standard InChI is InChI=1S/C27H26N4O2S/c32-26(31-16-12-27(33,13-17-31)18-20-4-2-14-28-19-20)22-8-10-23(11-9-22)30-34-24-7-1-5-21-6-3-15-29-25(21)24/h1-11,14-15,19,30,33H,12-13,16-18H2. The smallest absolute Gasteiger partial charge is 0.253 e. The molecule has 6 nitrogen and oxygen atoms in total. The van der Waals surface area contributed by atoms with E-state index in [-0.39, 0.29) is 5.91 Å². The number of piperidine rings is 1. The van der Waals surface area contributed by atoms with Crippen LogP contribution >= 0.6 is 11.9 Å². The molecule has 0 unspecified atom stereocenters. The Kier molecular flexibility index (Phi) is 6.47. The van der Waals surface area contributed by atoms with Gasteiger partial charge in [0.2, 0.25) is 0 Å². The summed E-state index contributed by atoms with van der Waals surface area (Å²) in [4.78, 5) is 24.5. The number of para-hydroxylation sites is 1. The molecule has 1 aliphatic rings. The fourth-order valence-electron chi connectivity index (χ4n) is 4.32. The maximum Gasteiger partial charge on any atom is 0.253 e. The lowest BCUT2D eigenvalue weighted by molar-refractivity contribution is -0.0162. The van der Waals surface area contributed by atoms with E-state index in [2.05, 4.69) is 14.7 Å². The van der Waals surface area contributed by atoms with Crippen LogP contribution in [0.2, 0.25) is 0 Å². The predicted molar refractivity (Wildman–Crippen MR) is 136 cm³/mol. The minimum Gasteiger partial charge on any atom is -0.389 e. The van der Waals surface area contributed by atoms with Crippen LogP contribution in [0.1, 0.15) is 28.8 Å². The highest BCUT2D eigenvalue weighted by atomic mass is 32.2.